The Morgan fingerprint density at radius 1 is 1.28 bits per heavy atom. The quantitative estimate of drug-likeness (QED) is 0.845. The first kappa shape index (κ1) is 15.1. The molecule has 18 heavy (non-hydrogen) atoms. The van der Waals surface area contributed by atoms with E-state index >= 15 is 0 Å². The largest absolute Gasteiger partial charge is 0.348 e. The zero-order valence-corrected chi connectivity index (χ0v) is 12.1. The Hall–Kier alpha value is -0.970. The highest BCUT2D eigenvalue weighted by atomic mass is 79.9. The van der Waals surface area contributed by atoms with Crippen LogP contribution in [0.4, 0.5) is 8.78 Å². The molecule has 0 heterocycles. The lowest BCUT2D eigenvalue weighted by molar-refractivity contribution is -0.121. The van der Waals surface area contributed by atoms with Crippen LogP contribution in [0.5, 0.6) is 0 Å². The van der Waals surface area contributed by atoms with Gasteiger partial charge in [0.05, 0.1) is 10.9 Å². The van der Waals surface area contributed by atoms with Crippen molar-refractivity contribution < 1.29 is 13.6 Å². The van der Waals surface area contributed by atoms with Crippen LogP contribution < -0.4 is 5.32 Å². The average molecular weight is 320 g/mol. The highest BCUT2D eigenvalue weighted by Gasteiger charge is 2.21. The Labute approximate surface area is 114 Å². The fraction of sp³-hybridized carbons (Fsp3) is 0.462. The Balaban J connectivity index is 2.76. The number of rotatable bonds is 4. The Morgan fingerprint density at radius 2 is 1.89 bits per heavy atom. The van der Waals surface area contributed by atoms with E-state index < -0.39 is 17.7 Å². The number of hydrogen-bond acceptors (Lipinski definition) is 1. The molecule has 100 valence electrons. The molecule has 1 aromatic rings. The lowest BCUT2D eigenvalue weighted by Crippen LogP contribution is -2.35. The minimum Gasteiger partial charge on any atom is -0.348 e. The second-order valence-corrected chi connectivity index (χ2v) is 5.53. The van der Waals surface area contributed by atoms with Gasteiger partial charge in [0.1, 0.15) is 11.6 Å². The van der Waals surface area contributed by atoms with Crippen molar-refractivity contribution in [1.29, 1.82) is 0 Å². The molecule has 2 nitrogen and oxygen atoms in total. The molecule has 1 N–H and O–H groups in total. The smallest absolute Gasteiger partial charge is 0.234 e. The van der Waals surface area contributed by atoms with E-state index in [0.717, 1.165) is 6.07 Å². The van der Waals surface area contributed by atoms with Gasteiger partial charge >= 0.3 is 0 Å². The molecule has 0 aliphatic carbocycles. The number of carbonyl (C=O) groups is 1. The van der Waals surface area contributed by atoms with Gasteiger partial charge in [-0.1, -0.05) is 35.8 Å². The number of alkyl halides is 1. The van der Waals surface area contributed by atoms with Gasteiger partial charge in [0.2, 0.25) is 5.91 Å². The first-order chi connectivity index (χ1) is 8.32. The van der Waals surface area contributed by atoms with E-state index in [1.165, 1.54) is 12.1 Å². The SMILES string of the molecule is CC(C)[C@@H](Br)C(=O)N[C@H](C)c1ccc(F)cc1F. The highest BCUT2D eigenvalue weighted by molar-refractivity contribution is 9.10. The third-order valence-corrected chi connectivity index (χ3v) is 4.10. The molecule has 0 aliphatic rings. The van der Waals surface area contributed by atoms with Crippen LogP contribution in [-0.4, -0.2) is 10.7 Å². The number of amides is 1. The summed E-state index contributed by atoms with van der Waals surface area (Å²) in [6, 6.07) is 2.83. The Morgan fingerprint density at radius 3 is 2.39 bits per heavy atom. The summed E-state index contributed by atoms with van der Waals surface area (Å²) < 4.78 is 26.3. The molecular weight excluding hydrogens is 304 g/mol. The standard InChI is InChI=1S/C13H16BrF2NO/c1-7(2)12(14)13(18)17-8(3)10-5-4-9(15)6-11(10)16/h4-8,12H,1-3H3,(H,17,18)/t8-,12-/m1/s1. The van der Waals surface area contributed by atoms with Crippen LogP contribution in [-0.2, 0) is 4.79 Å². The zero-order valence-electron chi connectivity index (χ0n) is 10.5. The summed E-state index contributed by atoms with van der Waals surface area (Å²) in [6.07, 6.45) is 0. The second-order valence-electron chi connectivity index (χ2n) is 4.54. The Kier molecular flexibility index (Phi) is 5.26. The van der Waals surface area contributed by atoms with Crippen molar-refractivity contribution in [2.75, 3.05) is 0 Å². The van der Waals surface area contributed by atoms with Gasteiger partial charge < -0.3 is 5.32 Å². The zero-order chi connectivity index (χ0) is 13.9. The molecule has 0 spiro atoms. The maximum absolute atomic E-state index is 13.5. The molecule has 1 amide bonds. The number of benzene rings is 1. The van der Waals surface area contributed by atoms with Gasteiger partial charge in [-0.15, -0.1) is 0 Å². The van der Waals surface area contributed by atoms with Crippen molar-refractivity contribution in [3.63, 3.8) is 0 Å². The van der Waals surface area contributed by atoms with E-state index in [-0.39, 0.29) is 22.2 Å². The van der Waals surface area contributed by atoms with Crippen LogP contribution in [0.15, 0.2) is 18.2 Å². The minimum atomic E-state index is -0.654. The fourth-order valence-corrected chi connectivity index (χ4v) is 1.66. The topological polar surface area (TPSA) is 29.1 Å². The van der Waals surface area contributed by atoms with Gasteiger partial charge in [-0.25, -0.2) is 8.78 Å². The normalized spacial score (nSPS) is 14.4. The monoisotopic (exact) mass is 319 g/mol. The highest BCUT2D eigenvalue weighted by Crippen LogP contribution is 2.19. The summed E-state index contributed by atoms with van der Waals surface area (Å²) in [7, 11) is 0. The first-order valence-electron chi connectivity index (χ1n) is 5.72. The van der Waals surface area contributed by atoms with Gasteiger partial charge in [-0.05, 0) is 18.9 Å². The summed E-state index contributed by atoms with van der Waals surface area (Å²) in [6.45, 7) is 5.47. The van der Waals surface area contributed by atoms with Crippen molar-refractivity contribution >= 4 is 21.8 Å². The molecule has 0 fully saturated rings. The summed E-state index contributed by atoms with van der Waals surface area (Å²) in [5.74, 6) is -1.36. The Bertz CT molecular complexity index is 437. The maximum atomic E-state index is 13.5. The maximum Gasteiger partial charge on any atom is 0.234 e. The van der Waals surface area contributed by atoms with E-state index in [9.17, 15) is 13.6 Å². The second kappa shape index (κ2) is 6.27. The molecule has 0 radical (unpaired) electrons. The van der Waals surface area contributed by atoms with Crippen molar-refractivity contribution in [2.45, 2.75) is 31.6 Å². The van der Waals surface area contributed by atoms with E-state index in [0.29, 0.717) is 0 Å². The molecular formula is C13H16BrF2NO. The number of nitrogens with one attached hydrogen (secondary N) is 1. The molecule has 0 saturated carbocycles. The summed E-state index contributed by atoms with van der Waals surface area (Å²) in [5, 5.41) is 2.69. The number of halogens is 3. The third-order valence-electron chi connectivity index (χ3n) is 2.62. The van der Waals surface area contributed by atoms with Crippen molar-refractivity contribution in [1.82, 2.24) is 5.32 Å². The molecule has 5 heteroatoms. The van der Waals surface area contributed by atoms with Crippen LogP contribution in [0.1, 0.15) is 32.4 Å². The fourth-order valence-electron chi connectivity index (χ4n) is 1.53. The summed E-state index contributed by atoms with van der Waals surface area (Å²) in [5.41, 5.74) is 0.271. The molecule has 0 bridgehead atoms. The number of hydrogen-bond donors (Lipinski definition) is 1. The number of carbonyl (C=O) groups excluding carboxylic acids is 1. The van der Waals surface area contributed by atoms with Crippen molar-refractivity contribution in [3.8, 4) is 0 Å². The summed E-state index contributed by atoms with van der Waals surface area (Å²) >= 11 is 3.27. The third kappa shape index (κ3) is 3.77. The predicted octanol–water partition coefficient (Wildman–Crippen LogP) is 3.56. The molecule has 1 rings (SSSR count). The van der Waals surface area contributed by atoms with E-state index in [1.54, 1.807) is 6.92 Å². The van der Waals surface area contributed by atoms with Crippen LogP contribution in [0.2, 0.25) is 0 Å². The molecule has 0 unspecified atom stereocenters. The van der Waals surface area contributed by atoms with Gasteiger partial charge in [0, 0.05) is 11.6 Å². The lowest BCUT2D eigenvalue weighted by atomic mass is 10.1. The predicted molar refractivity (Wildman–Crippen MR) is 70.5 cm³/mol. The minimum absolute atomic E-state index is 0.135. The molecule has 0 aliphatic heterocycles. The summed E-state index contributed by atoms with van der Waals surface area (Å²) in [4.78, 5) is 11.5. The van der Waals surface area contributed by atoms with Crippen LogP contribution in [0, 0.1) is 17.6 Å². The molecule has 1 aromatic carbocycles. The molecule has 0 saturated heterocycles. The molecule has 2 atom stereocenters. The van der Waals surface area contributed by atoms with Crippen LogP contribution in [0.25, 0.3) is 0 Å². The van der Waals surface area contributed by atoms with E-state index in [1.807, 2.05) is 13.8 Å². The lowest BCUT2D eigenvalue weighted by Gasteiger charge is -2.19. The van der Waals surface area contributed by atoms with Crippen molar-refractivity contribution in [3.05, 3.63) is 35.4 Å². The van der Waals surface area contributed by atoms with Gasteiger partial charge in [-0.2, -0.15) is 0 Å². The van der Waals surface area contributed by atoms with Gasteiger partial charge in [0.15, 0.2) is 0 Å². The van der Waals surface area contributed by atoms with Crippen molar-refractivity contribution in [2.24, 2.45) is 5.92 Å². The van der Waals surface area contributed by atoms with Crippen LogP contribution in [0.3, 0.4) is 0 Å². The molecule has 0 aromatic heterocycles. The first-order valence-corrected chi connectivity index (χ1v) is 6.64. The average Bonchev–Trinajstić information content (AvgIpc) is 2.27. The van der Waals surface area contributed by atoms with Gasteiger partial charge in [0.25, 0.3) is 0 Å². The van der Waals surface area contributed by atoms with Gasteiger partial charge in [-0.3, -0.25) is 4.79 Å². The van der Waals surface area contributed by atoms with E-state index in [4.69, 9.17) is 0 Å². The van der Waals surface area contributed by atoms with Crippen LogP contribution >= 0.6 is 15.9 Å². The van der Waals surface area contributed by atoms with E-state index in [2.05, 4.69) is 21.2 Å².